The molecule has 15 heavy (non-hydrogen) atoms. The van der Waals surface area contributed by atoms with Crippen LogP contribution in [0.3, 0.4) is 0 Å². The van der Waals surface area contributed by atoms with Crippen LogP contribution in [0.5, 0.6) is 0 Å². The standard InChI is InChI=1S/C9H4F4N2/c1-9(13)5(3-15)7(11)6(10)4(2-14)8(9)12/h5H,1H3. The van der Waals surface area contributed by atoms with E-state index < -0.39 is 34.6 Å². The van der Waals surface area contributed by atoms with Crippen molar-refractivity contribution in [1.82, 2.24) is 0 Å². The first-order valence-corrected chi connectivity index (χ1v) is 3.82. The molecule has 1 rings (SSSR count). The van der Waals surface area contributed by atoms with Crippen molar-refractivity contribution in [2.75, 3.05) is 0 Å². The number of halogens is 4. The molecule has 0 N–H and O–H groups in total. The minimum atomic E-state index is -3.01. The Morgan fingerprint density at radius 2 is 1.80 bits per heavy atom. The molecule has 1 aliphatic carbocycles. The zero-order valence-corrected chi connectivity index (χ0v) is 7.48. The van der Waals surface area contributed by atoms with Crippen LogP contribution in [-0.4, -0.2) is 5.67 Å². The molecule has 2 nitrogen and oxygen atoms in total. The van der Waals surface area contributed by atoms with Gasteiger partial charge in [-0.15, -0.1) is 0 Å². The fourth-order valence-corrected chi connectivity index (χ4v) is 1.23. The topological polar surface area (TPSA) is 47.6 Å². The third kappa shape index (κ3) is 1.39. The van der Waals surface area contributed by atoms with Crippen molar-refractivity contribution >= 4 is 0 Å². The van der Waals surface area contributed by atoms with Gasteiger partial charge in [-0.25, -0.2) is 17.6 Å². The Morgan fingerprint density at radius 3 is 2.20 bits per heavy atom. The van der Waals surface area contributed by atoms with Crippen molar-refractivity contribution in [3.8, 4) is 12.1 Å². The Kier molecular flexibility index (Phi) is 2.55. The summed E-state index contributed by atoms with van der Waals surface area (Å²) in [6.45, 7) is 0.583. The first-order chi connectivity index (χ1) is 6.87. The van der Waals surface area contributed by atoms with Gasteiger partial charge in [-0.05, 0) is 6.92 Å². The van der Waals surface area contributed by atoms with Crippen LogP contribution in [-0.2, 0) is 0 Å². The number of nitrogens with zero attached hydrogens (tertiary/aromatic N) is 2. The fraction of sp³-hybridized carbons (Fsp3) is 0.333. The van der Waals surface area contributed by atoms with E-state index in [1.807, 2.05) is 0 Å². The van der Waals surface area contributed by atoms with Crippen LogP contribution in [0.1, 0.15) is 6.92 Å². The lowest BCUT2D eigenvalue weighted by atomic mass is 9.83. The Hall–Kier alpha value is -1.82. The number of alkyl halides is 1. The van der Waals surface area contributed by atoms with Gasteiger partial charge in [0.1, 0.15) is 17.6 Å². The lowest BCUT2D eigenvalue weighted by Gasteiger charge is -2.26. The second-order valence-corrected chi connectivity index (χ2v) is 3.10. The molecule has 2 atom stereocenters. The summed E-state index contributed by atoms with van der Waals surface area (Å²) in [6.07, 6.45) is 0. The summed E-state index contributed by atoms with van der Waals surface area (Å²) in [6, 6.07) is 2.13. The van der Waals surface area contributed by atoms with Gasteiger partial charge in [0.25, 0.3) is 0 Å². The molecule has 1 aliphatic rings. The lowest BCUT2D eigenvalue weighted by molar-refractivity contribution is 0.139. The molecule has 0 fully saturated rings. The van der Waals surface area contributed by atoms with Crippen LogP contribution in [0, 0.1) is 28.6 Å². The van der Waals surface area contributed by atoms with Crippen molar-refractivity contribution in [2.24, 2.45) is 5.92 Å². The predicted molar refractivity (Wildman–Crippen MR) is 41.6 cm³/mol. The average Bonchev–Trinajstić information content (AvgIpc) is 2.17. The Bertz CT molecular complexity index is 448. The first-order valence-electron chi connectivity index (χ1n) is 3.82. The Labute approximate surface area is 82.7 Å². The SMILES string of the molecule is CC1(F)C(F)=C(C#N)C(F)=C(F)C1C#N. The zero-order chi connectivity index (χ0) is 11.8. The molecule has 6 heteroatoms. The molecule has 0 aliphatic heterocycles. The van der Waals surface area contributed by atoms with E-state index in [1.165, 1.54) is 0 Å². The van der Waals surface area contributed by atoms with Gasteiger partial charge < -0.3 is 0 Å². The molecule has 0 aromatic rings. The van der Waals surface area contributed by atoms with E-state index in [0.717, 1.165) is 12.1 Å². The fourth-order valence-electron chi connectivity index (χ4n) is 1.23. The van der Waals surface area contributed by atoms with Crippen molar-refractivity contribution < 1.29 is 17.6 Å². The normalized spacial score (nSPS) is 31.3. The van der Waals surface area contributed by atoms with Gasteiger partial charge in [-0.2, -0.15) is 10.5 Å². The monoisotopic (exact) mass is 216 g/mol. The van der Waals surface area contributed by atoms with Crippen molar-refractivity contribution in [3.05, 3.63) is 23.1 Å². The third-order valence-electron chi connectivity index (χ3n) is 2.11. The van der Waals surface area contributed by atoms with E-state index in [4.69, 9.17) is 10.5 Å². The van der Waals surface area contributed by atoms with Crippen LogP contribution >= 0.6 is 0 Å². The van der Waals surface area contributed by atoms with Crippen LogP contribution < -0.4 is 0 Å². The molecule has 0 bridgehead atoms. The highest BCUT2D eigenvalue weighted by molar-refractivity contribution is 5.50. The zero-order valence-electron chi connectivity index (χ0n) is 7.48. The number of allylic oxidation sites excluding steroid dienone is 4. The molecular formula is C9H4F4N2. The highest BCUT2D eigenvalue weighted by Gasteiger charge is 2.49. The van der Waals surface area contributed by atoms with Crippen LogP contribution in [0.4, 0.5) is 17.6 Å². The molecule has 0 spiro atoms. The second-order valence-electron chi connectivity index (χ2n) is 3.10. The summed E-state index contributed by atoms with van der Waals surface area (Å²) in [5, 5.41) is 16.7. The van der Waals surface area contributed by atoms with Crippen molar-refractivity contribution in [2.45, 2.75) is 12.6 Å². The molecule has 2 unspecified atom stereocenters. The average molecular weight is 216 g/mol. The molecule has 0 saturated heterocycles. The molecule has 0 aromatic heterocycles. The molecule has 78 valence electrons. The van der Waals surface area contributed by atoms with Crippen LogP contribution in [0.25, 0.3) is 0 Å². The van der Waals surface area contributed by atoms with Crippen LogP contribution in [0.15, 0.2) is 23.1 Å². The maximum absolute atomic E-state index is 13.5. The molecular weight excluding hydrogens is 212 g/mol. The van der Waals surface area contributed by atoms with Gasteiger partial charge in [-0.1, -0.05) is 0 Å². The quantitative estimate of drug-likeness (QED) is 0.584. The van der Waals surface area contributed by atoms with E-state index in [-0.39, 0.29) is 0 Å². The lowest BCUT2D eigenvalue weighted by Crippen LogP contribution is -2.34. The van der Waals surface area contributed by atoms with E-state index >= 15 is 0 Å². The number of rotatable bonds is 0. The summed E-state index contributed by atoms with van der Waals surface area (Å²) in [5.41, 5.74) is -4.34. The second kappa shape index (κ2) is 3.39. The van der Waals surface area contributed by atoms with E-state index in [0.29, 0.717) is 6.92 Å². The largest absolute Gasteiger partial charge is 0.234 e. The minimum Gasteiger partial charge on any atom is -0.234 e. The summed E-state index contributed by atoms with van der Waals surface area (Å²) in [7, 11) is 0. The van der Waals surface area contributed by atoms with Gasteiger partial charge in [-0.3, -0.25) is 0 Å². The van der Waals surface area contributed by atoms with E-state index in [9.17, 15) is 17.6 Å². The van der Waals surface area contributed by atoms with Crippen molar-refractivity contribution in [1.29, 1.82) is 10.5 Å². The molecule has 0 aromatic carbocycles. The highest BCUT2D eigenvalue weighted by atomic mass is 19.2. The van der Waals surface area contributed by atoms with E-state index in [2.05, 4.69) is 0 Å². The van der Waals surface area contributed by atoms with Gasteiger partial charge in [0.2, 0.25) is 0 Å². The van der Waals surface area contributed by atoms with Crippen molar-refractivity contribution in [3.63, 3.8) is 0 Å². The summed E-state index contributed by atoms with van der Waals surface area (Å²) in [4.78, 5) is 0. The smallest absolute Gasteiger partial charge is 0.182 e. The number of hydrogen-bond acceptors (Lipinski definition) is 2. The first kappa shape index (κ1) is 11.3. The summed E-state index contributed by atoms with van der Waals surface area (Å²) < 4.78 is 52.7. The molecule has 0 radical (unpaired) electrons. The molecule has 0 amide bonds. The third-order valence-corrected chi connectivity index (χ3v) is 2.11. The number of hydrogen-bond donors (Lipinski definition) is 0. The summed E-state index contributed by atoms with van der Waals surface area (Å²) in [5.74, 6) is -7.51. The van der Waals surface area contributed by atoms with Gasteiger partial charge in [0.05, 0.1) is 6.07 Å². The highest BCUT2D eigenvalue weighted by Crippen LogP contribution is 2.45. The van der Waals surface area contributed by atoms with E-state index in [1.54, 1.807) is 0 Å². The molecule has 0 heterocycles. The Morgan fingerprint density at radius 1 is 1.27 bits per heavy atom. The Balaban J connectivity index is 3.51. The summed E-state index contributed by atoms with van der Waals surface area (Å²) >= 11 is 0. The molecule has 0 saturated carbocycles. The predicted octanol–water partition coefficient (Wildman–Crippen LogP) is 2.77. The van der Waals surface area contributed by atoms with Gasteiger partial charge >= 0.3 is 0 Å². The maximum atomic E-state index is 13.5. The van der Waals surface area contributed by atoms with Gasteiger partial charge in [0, 0.05) is 0 Å². The number of nitriles is 2. The maximum Gasteiger partial charge on any atom is 0.182 e. The minimum absolute atomic E-state index is 0.583. The van der Waals surface area contributed by atoms with Gasteiger partial charge in [0.15, 0.2) is 23.1 Å². The van der Waals surface area contributed by atoms with Crippen LogP contribution in [0.2, 0.25) is 0 Å².